The van der Waals surface area contributed by atoms with Crippen molar-refractivity contribution in [2.24, 2.45) is 17.1 Å². The number of carbonyl (C=O) groups excluding carboxylic acids is 1. The van der Waals surface area contributed by atoms with Crippen LogP contribution >= 0.6 is 0 Å². The largest absolute Gasteiger partial charge is 0.396 e. The number of hydrogen-bond donors (Lipinski definition) is 3. The minimum Gasteiger partial charge on any atom is -0.396 e. The number of nitrogens with one attached hydrogen (secondary N) is 1. The summed E-state index contributed by atoms with van der Waals surface area (Å²) in [5.41, 5.74) is 5.89. The predicted molar refractivity (Wildman–Crippen MR) is 73.0 cm³/mol. The van der Waals surface area contributed by atoms with Gasteiger partial charge in [0, 0.05) is 25.1 Å². The molecule has 0 aliphatic heterocycles. The fourth-order valence-corrected chi connectivity index (χ4v) is 2.26. The summed E-state index contributed by atoms with van der Waals surface area (Å²) in [5.74, 6) is 0.206. The van der Waals surface area contributed by atoms with E-state index in [1.165, 1.54) is 0 Å². The first kappa shape index (κ1) is 15.4. The molecule has 106 valence electrons. The van der Waals surface area contributed by atoms with E-state index >= 15 is 0 Å². The lowest BCUT2D eigenvalue weighted by Gasteiger charge is -2.17. The Morgan fingerprint density at radius 1 is 1.39 bits per heavy atom. The molecule has 1 amide bonds. The highest BCUT2D eigenvalue weighted by Gasteiger charge is 2.41. The van der Waals surface area contributed by atoms with Crippen molar-refractivity contribution in [2.45, 2.75) is 58.4 Å². The zero-order chi connectivity index (χ0) is 13.6. The first-order chi connectivity index (χ1) is 8.49. The summed E-state index contributed by atoms with van der Waals surface area (Å²) in [4.78, 5) is 11.9. The normalized spacial score (nSPS) is 20.2. The van der Waals surface area contributed by atoms with E-state index in [0.717, 1.165) is 45.1 Å². The molecule has 1 aliphatic rings. The summed E-state index contributed by atoms with van der Waals surface area (Å²) in [5, 5.41) is 12.0. The van der Waals surface area contributed by atoms with Gasteiger partial charge in [0.1, 0.15) is 0 Å². The van der Waals surface area contributed by atoms with Crippen LogP contribution in [0.2, 0.25) is 0 Å². The number of carbonyl (C=O) groups is 1. The van der Waals surface area contributed by atoms with E-state index in [1.807, 2.05) is 13.8 Å². The van der Waals surface area contributed by atoms with Crippen molar-refractivity contribution in [2.75, 3.05) is 13.2 Å². The molecular formula is C14H28N2O2. The van der Waals surface area contributed by atoms with E-state index < -0.39 is 0 Å². The first-order valence-electron chi connectivity index (χ1n) is 7.13. The molecule has 2 atom stereocenters. The average Bonchev–Trinajstić information content (AvgIpc) is 3.06. The summed E-state index contributed by atoms with van der Waals surface area (Å²) < 4.78 is 0. The van der Waals surface area contributed by atoms with E-state index in [9.17, 15) is 4.79 Å². The maximum atomic E-state index is 11.9. The highest BCUT2D eigenvalue weighted by molar-refractivity contribution is 5.78. The molecule has 18 heavy (non-hydrogen) atoms. The fraction of sp³-hybridized carbons (Fsp3) is 0.929. The topological polar surface area (TPSA) is 75.4 Å². The van der Waals surface area contributed by atoms with Gasteiger partial charge in [0.2, 0.25) is 5.91 Å². The van der Waals surface area contributed by atoms with Gasteiger partial charge in [0.15, 0.2) is 0 Å². The van der Waals surface area contributed by atoms with Gasteiger partial charge in [-0.15, -0.1) is 0 Å². The number of nitrogens with two attached hydrogens (primary N) is 1. The Bertz CT molecular complexity index is 263. The molecule has 0 aromatic rings. The maximum Gasteiger partial charge on any atom is 0.222 e. The Hall–Kier alpha value is -0.610. The summed E-state index contributed by atoms with van der Waals surface area (Å²) >= 11 is 0. The number of hydrogen-bond acceptors (Lipinski definition) is 3. The molecule has 0 aromatic carbocycles. The summed E-state index contributed by atoms with van der Waals surface area (Å²) in [6, 6.07) is 0.222. The average molecular weight is 256 g/mol. The van der Waals surface area contributed by atoms with E-state index in [0.29, 0.717) is 0 Å². The van der Waals surface area contributed by atoms with Gasteiger partial charge in [0.25, 0.3) is 0 Å². The lowest BCUT2D eigenvalue weighted by atomic mass is 10.00. The van der Waals surface area contributed by atoms with Gasteiger partial charge in [0.05, 0.1) is 0 Å². The van der Waals surface area contributed by atoms with Crippen LogP contribution in [0, 0.1) is 11.3 Å². The smallest absolute Gasteiger partial charge is 0.222 e. The minimum absolute atomic E-state index is 0.0636. The van der Waals surface area contributed by atoms with Crippen LogP contribution in [-0.4, -0.2) is 30.2 Å². The van der Waals surface area contributed by atoms with Crippen LogP contribution in [0.25, 0.3) is 0 Å². The Kier molecular flexibility index (Phi) is 6.09. The molecule has 0 spiro atoms. The third-order valence-corrected chi connectivity index (χ3v) is 3.98. The van der Waals surface area contributed by atoms with Crippen LogP contribution in [0.1, 0.15) is 52.4 Å². The van der Waals surface area contributed by atoms with Crippen LogP contribution in [0.15, 0.2) is 0 Å². The third-order valence-electron chi connectivity index (χ3n) is 3.98. The van der Waals surface area contributed by atoms with Gasteiger partial charge < -0.3 is 16.2 Å². The zero-order valence-electron chi connectivity index (χ0n) is 11.7. The Balaban J connectivity index is 2.15. The molecule has 0 saturated heterocycles. The second-order valence-electron chi connectivity index (χ2n) is 6.00. The third kappa shape index (κ3) is 5.36. The Morgan fingerprint density at radius 3 is 2.56 bits per heavy atom. The van der Waals surface area contributed by atoms with Crippen molar-refractivity contribution in [3.8, 4) is 0 Å². The second kappa shape index (κ2) is 7.10. The van der Waals surface area contributed by atoms with Crippen LogP contribution in [0.5, 0.6) is 0 Å². The van der Waals surface area contributed by atoms with E-state index in [1.54, 1.807) is 0 Å². The Labute approximate surface area is 110 Å². The van der Waals surface area contributed by atoms with Gasteiger partial charge >= 0.3 is 0 Å². The van der Waals surface area contributed by atoms with Crippen molar-refractivity contribution < 1.29 is 9.90 Å². The highest BCUT2D eigenvalue weighted by Crippen LogP contribution is 2.47. The van der Waals surface area contributed by atoms with Crippen molar-refractivity contribution in [3.63, 3.8) is 0 Å². The SMILES string of the molecule is CC(N)CCCC(C)C(=O)NCC1(CCO)CC1. The molecule has 1 fully saturated rings. The number of amides is 1. The standard InChI is InChI=1S/C14H28N2O2/c1-11(4-3-5-12(2)15)13(18)16-10-14(6-7-14)8-9-17/h11-12,17H,3-10,15H2,1-2H3,(H,16,18). The van der Waals surface area contributed by atoms with E-state index in [-0.39, 0.29) is 29.9 Å². The summed E-state index contributed by atoms with van der Waals surface area (Å²) in [6.45, 7) is 4.92. The molecule has 0 radical (unpaired) electrons. The van der Waals surface area contributed by atoms with Crippen molar-refractivity contribution in [1.82, 2.24) is 5.32 Å². The lowest BCUT2D eigenvalue weighted by Crippen LogP contribution is -2.34. The molecule has 0 bridgehead atoms. The quantitative estimate of drug-likeness (QED) is 0.584. The Morgan fingerprint density at radius 2 is 2.06 bits per heavy atom. The number of aliphatic hydroxyl groups is 1. The molecule has 1 saturated carbocycles. The molecule has 1 aliphatic carbocycles. The van der Waals surface area contributed by atoms with Crippen molar-refractivity contribution in [3.05, 3.63) is 0 Å². The van der Waals surface area contributed by atoms with Gasteiger partial charge in [-0.25, -0.2) is 0 Å². The maximum absolute atomic E-state index is 11.9. The molecule has 0 heterocycles. The van der Waals surface area contributed by atoms with Crippen molar-refractivity contribution >= 4 is 5.91 Å². The number of rotatable bonds is 9. The monoisotopic (exact) mass is 256 g/mol. The van der Waals surface area contributed by atoms with Crippen LogP contribution in [0.3, 0.4) is 0 Å². The fourth-order valence-electron chi connectivity index (χ4n) is 2.26. The van der Waals surface area contributed by atoms with Gasteiger partial charge in [-0.1, -0.05) is 13.3 Å². The second-order valence-corrected chi connectivity index (χ2v) is 6.00. The van der Waals surface area contributed by atoms with Gasteiger partial charge in [-0.05, 0) is 44.4 Å². The van der Waals surface area contributed by atoms with E-state index in [4.69, 9.17) is 10.8 Å². The molecule has 1 rings (SSSR count). The van der Waals surface area contributed by atoms with Gasteiger partial charge in [-0.2, -0.15) is 0 Å². The molecule has 4 heteroatoms. The molecule has 2 unspecified atom stereocenters. The molecule has 4 N–H and O–H groups in total. The summed E-state index contributed by atoms with van der Waals surface area (Å²) in [7, 11) is 0. The molecule has 4 nitrogen and oxygen atoms in total. The van der Waals surface area contributed by atoms with Crippen LogP contribution in [0.4, 0.5) is 0 Å². The molecule has 0 aromatic heterocycles. The van der Waals surface area contributed by atoms with Crippen LogP contribution in [-0.2, 0) is 4.79 Å². The van der Waals surface area contributed by atoms with Gasteiger partial charge in [-0.3, -0.25) is 4.79 Å². The highest BCUT2D eigenvalue weighted by atomic mass is 16.3. The minimum atomic E-state index is 0.0636. The summed E-state index contributed by atoms with van der Waals surface area (Å²) in [6.07, 6.45) is 5.96. The zero-order valence-corrected chi connectivity index (χ0v) is 11.7. The van der Waals surface area contributed by atoms with Crippen molar-refractivity contribution in [1.29, 1.82) is 0 Å². The van der Waals surface area contributed by atoms with Crippen LogP contribution < -0.4 is 11.1 Å². The van der Waals surface area contributed by atoms with E-state index in [2.05, 4.69) is 5.32 Å². The first-order valence-corrected chi connectivity index (χ1v) is 7.13. The predicted octanol–water partition coefficient (Wildman–Crippen LogP) is 1.42. The number of aliphatic hydroxyl groups excluding tert-OH is 1. The molecular weight excluding hydrogens is 228 g/mol. The lowest BCUT2D eigenvalue weighted by molar-refractivity contribution is -0.125.